The van der Waals surface area contributed by atoms with Crippen LogP contribution >= 0.6 is 39.1 Å². The second-order valence-electron chi connectivity index (χ2n) is 4.75. The summed E-state index contributed by atoms with van der Waals surface area (Å²) in [5, 5.41) is 1.15. The molecule has 0 saturated heterocycles. The molecule has 0 bridgehead atoms. The van der Waals surface area contributed by atoms with Gasteiger partial charge in [0.15, 0.2) is 0 Å². The molecule has 0 aliphatic heterocycles. The molecule has 0 aliphatic carbocycles. The van der Waals surface area contributed by atoms with E-state index in [0.29, 0.717) is 10.0 Å². The minimum atomic E-state index is -0.494. The molecule has 25 heavy (non-hydrogen) atoms. The van der Waals surface area contributed by atoms with Gasteiger partial charge in [-0.1, -0.05) is 75.5 Å². The molecule has 0 saturated carbocycles. The molecular formula is C18H17BrCl2O4. The SMILES string of the molecule is COC(=O)C(Br)c1ccccc1Cl.COC(=O)Cc1ccccc1Cl. The van der Waals surface area contributed by atoms with Gasteiger partial charge in [-0.05, 0) is 23.3 Å². The lowest BCUT2D eigenvalue weighted by Crippen LogP contribution is -2.08. The molecule has 0 fully saturated rings. The van der Waals surface area contributed by atoms with Gasteiger partial charge in [0.05, 0.1) is 20.6 Å². The van der Waals surface area contributed by atoms with E-state index in [4.69, 9.17) is 23.2 Å². The summed E-state index contributed by atoms with van der Waals surface area (Å²) in [6.45, 7) is 0. The molecular weight excluding hydrogens is 431 g/mol. The highest BCUT2D eigenvalue weighted by Gasteiger charge is 2.19. The maximum absolute atomic E-state index is 11.1. The van der Waals surface area contributed by atoms with E-state index in [1.807, 2.05) is 24.3 Å². The Morgan fingerprint density at radius 2 is 1.52 bits per heavy atom. The van der Waals surface area contributed by atoms with Crippen LogP contribution in [-0.4, -0.2) is 26.2 Å². The van der Waals surface area contributed by atoms with Crippen molar-refractivity contribution in [3.8, 4) is 0 Å². The van der Waals surface area contributed by atoms with Gasteiger partial charge in [0.25, 0.3) is 0 Å². The van der Waals surface area contributed by atoms with E-state index in [2.05, 4.69) is 25.4 Å². The lowest BCUT2D eigenvalue weighted by atomic mass is 10.1. The average Bonchev–Trinajstić information content (AvgIpc) is 2.63. The molecule has 0 aromatic heterocycles. The number of rotatable bonds is 4. The van der Waals surface area contributed by atoms with Crippen LogP contribution in [0.1, 0.15) is 16.0 Å². The van der Waals surface area contributed by atoms with Crippen molar-refractivity contribution >= 4 is 51.1 Å². The van der Waals surface area contributed by atoms with Gasteiger partial charge in [0.2, 0.25) is 0 Å². The molecule has 0 spiro atoms. The first kappa shape index (κ1) is 21.5. The van der Waals surface area contributed by atoms with Crippen molar-refractivity contribution in [2.75, 3.05) is 14.2 Å². The fraction of sp³-hybridized carbons (Fsp3) is 0.222. The van der Waals surface area contributed by atoms with E-state index in [0.717, 1.165) is 11.1 Å². The third-order valence-electron chi connectivity index (χ3n) is 3.11. The normalized spacial score (nSPS) is 10.9. The minimum Gasteiger partial charge on any atom is -0.469 e. The topological polar surface area (TPSA) is 52.6 Å². The van der Waals surface area contributed by atoms with Crippen molar-refractivity contribution in [2.45, 2.75) is 11.2 Å². The van der Waals surface area contributed by atoms with Gasteiger partial charge >= 0.3 is 11.9 Å². The zero-order valence-electron chi connectivity index (χ0n) is 13.7. The van der Waals surface area contributed by atoms with Crippen LogP contribution in [0, 0.1) is 0 Å². The van der Waals surface area contributed by atoms with Crippen LogP contribution in [0.3, 0.4) is 0 Å². The molecule has 0 amide bonds. The molecule has 7 heteroatoms. The predicted octanol–water partition coefficient (Wildman–Crippen LogP) is 5.00. The first-order valence-electron chi connectivity index (χ1n) is 7.17. The Bertz CT molecular complexity index is 722. The lowest BCUT2D eigenvalue weighted by molar-refractivity contribution is -0.140. The van der Waals surface area contributed by atoms with Gasteiger partial charge in [0, 0.05) is 10.0 Å². The first-order chi connectivity index (χ1) is 11.9. The van der Waals surface area contributed by atoms with Crippen LogP contribution in [0.4, 0.5) is 0 Å². The Morgan fingerprint density at radius 3 is 2.04 bits per heavy atom. The van der Waals surface area contributed by atoms with Gasteiger partial charge in [-0.2, -0.15) is 0 Å². The predicted molar refractivity (Wildman–Crippen MR) is 102 cm³/mol. The van der Waals surface area contributed by atoms with E-state index in [1.54, 1.807) is 24.3 Å². The van der Waals surface area contributed by atoms with E-state index < -0.39 is 4.83 Å². The van der Waals surface area contributed by atoms with Crippen LogP contribution in [0.25, 0.3) is 0 Å². The first-order valence-corrected chi connectivity index (χ1v) is 8.84. The third-order valence-corrected chi connectivity index (χ3v) is 4.69. The molecule has 134 valence electrons. The Kier molecular flexibility index (Phi) is 9.57. The maximum Gasteiger partial charge on any atom is 0.324 e. The molecule has 4 nitrogen and oxygen atoms in total. The van der Waals surface area contributed by atoms with E-state index in [-0.39, 0.29) is 18.4 Å². The molecule has 1 atom stereocenters. The second kappa shape index (κ2) is 11.1. The molecule has 2 aromatic carbocycles. The molecule has 2 rings (SSSR count). The number of carbonyl (C=O) groups excluding carboxylic acids is 2. The Morgan fingerprint density at radius 1 is 0.960 bits per heavy atom. The minimum absolute atomic E-state index is 0.232. The number of hydrogen-bond acceptors (Lipinski definition) is 4. The number of benzene rings is 2. The number of ether oxygens (including phenoxy) is 2. The molecule has 1 unspecified atom stereocenters. The molecule has 0 N–H and O–H groups in total. The highest BCUT2D eigenvalue weighted by molar-refractivity contribution is 9.09. The van der Waals surface area contributed by atoms with E-state index >= 15 is 0 Å². The third kappa shape index (κ3) is 7.06. The lowest BCUT2D eigenvalue weighted by Gasteiger charge is -2.08. The standard InChI is InChI=1S/C9H8BrClO2.C9H9ClO2/c1-13-9(12)8(10)6-4-2-3-5-7(6)11;1-12-9(11)6-7-4-2-3-5-8(7)10/h2-5,8H,1H3;2-5H,6H2,1H3. The highest BCUT2D eigenvalue weighted by Crippen LogP contribution is 2.29. The van der Waals surface area contributed by atoms with Crippen LogP contribution in [0.2, 0.25) is 10.0 Å². The molecule has 0 heterocycles. The van der Waals surface area contributed by atoms with Crippen molar-refractivity contribution in [1.29, 1.82) is 0 Å². The van der Waals surface area contributed by atoms with Crippen LogP contribution < -0.4 is 0 Å². The summed E-state index contributed by atoms with van der Waals surface area (Å²) in [7, 11) is 2.70. The van der Waals surface area contributed by atoms with Crippen molar-refractivity contribution < 1.29 is 19.1 Å². The van der Waals surface area contributed by atoms with Gasteiger partial charge in [0.1, 0.15) is 4.83 Å². The zero-order chi connectivity index (χ0) is 18.8. The van der Waals surface area contributed by atoms with Gasteiger partial charge in [-0.15, -0.1) is 0 Å². The summed E-state index contributed by atoms with van der Waals surface area (Å²) in [6.07, 6.45) is 0.232. The van der Waals surface area contributed by atoms with Crippen LogP contribution in [0.5, 0.6) is 0 Å². The number of carbonyl (C=O) groups is 2. The van der Waals surface area contributed by atoms with Crippen molar-refractivity contribution in [3.63, 3.8) is 0 Å². The van der Waals surface area contributed by atoms with Crippen LogP contribution in [-0.2, 0) is 25.5 Å². The van der Waals surface area contributed by atoms with E-state index in [9.17, 15) is 9.59 Å². The van der Waals surface area contributed by atoms with Gasteiger partial charge < -0.3 is 9.47 Å². The number of alkyl halides is 1. The number of halogens is 3. The fourth-order valence-corrected chi connectivity index (χ4v) is 2.95. The van der Waals surface area contributed by atoms with Gasteiger partial charge in [-0.3, -0.25) is 9.59 Å². The smallest absolute Gasteiger partial charge is 0.324 e. The molecule has 0 radical (unpaired) electrons. The van der Waals surface area contributed by atoms with E-state index in [1.165, 1.54) is 14.2 Å². The summed E-state index contributed by atoms with van der Waals surface area (Å²) in [5.41, 5.74) is 1.52. The summed E-state index contributed by atoms with van der Waals surface area (Å²) in [5.74, 6) is -0.629. The number of hydrogen-bond donors (Lipinski definition) is 0. The molecule has 0 aliphatic rings. The Labute approximate surface area is 165 Å². The van der Waals surface area contributed by atoms with Crippen LogP contribution in [0.15, 0.2) is 48.5 Å². The largest absolute Gasteiger partial charge is 0.469 e. The quantitative estimate of drug-likeness (QED) is 0.488. The second-order valence-corrected chi connectivity index (χ2v) is 6.48. The Hall–Kier alpha value is -1.56. The van der Waals surface area contributed by atoms with Gasteiger partial charge in [-0.25, -0.2) is 0 Å². The summed E-state index contributed by atoms with van der Waals surface area (Å²) in [4.78, 5) is 21.5. The van der Waals surface area contributed by atoms with Crippen molar-refractivity contribution in [2.24, 2.45) is 0 Å². The molecule has 2 aromatic rings. The monoisotopic (exact) mass is 446 g/mol. The van der Waals surface area contributed by atoms with Crippen molar-refractivity contribution in [1.82, 2.24) is 0 Å². The number of esters is 2. The summed E-state index contributed by atoms with van der Waals surface area (Å²) in [6, 6.07) is 14.3. The maximum atomic E-state index is 11.1. The highest BCUT2D eigenvalue weighted by atomic mass is 79.9. The fourth-order valence-electron chi connectivity index (χ4n) is 1.78. The summed E-state index contributed by atoms with van der Waals surface area (Å²) < 4.78 is 9.09. The zero-order valence-corrected chi connectivity index (χ0v) is 16.8. The number of methoxy groups -OCH3 is 2. The summed E-state index contributed by atoms with van der Waals surface area (Å²) >= 11 is 14.9. The Balaban J connectivity index is 0.000000251. The van der Waals surface area contributed by atoms with Crippen molar-refractivity contribution in [3.05, 3.63) is 69.7 Å². The average molecular weight is 448 g/mol.